The topological polar surface area (TPSA) is 92.9 Å². The van der Waals surface area contributed by atoms with Crippen molar-refractivity contribution >= 4 is 23.4 Å². The molecule has 1 amide bonds. The number of anilines is 3. The molecule has 0 saturated carbocycles. The number of halogens is 1. The van der Waals surface area contributed by atoms with Gasteiger partial charge in [-0.15, -0.1) is 0 Å². The predicted molar refractivity (Wildman–Crippen MR) is 80.9 cm³/mol. The second-order valence-electron chi connectivity index (χ2n) is 4.65. The lowest BCUT2D eigenvalue weighted by atomic mass is 10.3. The molecule has 7 nitrogen and oxygen atoms in total. The van der Waals surface area contributed by atoms with E-state index in [1.54, 1.807) is 19.1 Å². The van der Waals surface area contributed by atoms with E-state index < -0.39 is 11.7 Å². The number of benzene rings is 1. The van der Waals surface area contributed by atoms with Crippen molar-refractivity contribution < 1.29 is 13.7 Å². The minimum atomic E-state index is -0.545. The minimum Gasteiger partial charge on any atom is -0.360 e. The molecule has 0 atom stereocenters. The number of hydrogen-bond acceptors (Lipinski definition) is 6. The van der Waals surface area contributed by atoms with Crippen molar-refractivity contribution in [2.75, 3.05) is 10.6 Å². The number of para-hydroxylation sites is 1. The minimum absolute atomic E-state index is 0.0812. The standard InChI is InChI=1S/C15H12FN5O2/c1-9-8-13(21-23-9)20-15-17-7-6-12(19-15)14(22)18-11-5-3-2-4-10(11)16/h2-8H,1H3,(H,18,22)(H,17,19,20,21). The quantitative estimate of drug-likeness (QED) is 0.769. The van der Waals surface area contributed by atoms with Crippen molar-refractivity contribution in [2.45, 2.75) is 6.92 Å². The van der Waals surface area contributed by atoms with Crippen LogP contribution in [0, 0.1) is 12.7 Å². The van der Waals surface area contributed by atoms with Gasteiger partial charge in [0, 0.05) is 12.3 Å². The molecular formula is C15H12FN5O2. The van der Waals surface area contributed by atoms with E-state index in [0.29, 0.717) is 11.6 Å². The highest BCUT2D eigenvalue weighted by Gasteiger charge is 2.12. The molecule has 3 rings (SSSR count). The Labute approximate surface area is 130 Å². The van der Waals surface area contributed by atoms with Crippen LogP contribution in [0.5, 0.6) is 0 Å². The number of amides is 1. The van der Waals surface area contributed by atoms with Crippen LogP contribution in [0.3, 0.4) is 0 Å². The normalized spacial score (nSPS) is 10.3. The van der Waals surface area contributed by atoms with Crippen LogP contribution in [0.1, 0.15) is 16.2 Å². The fourth-order valence-electron chi connectivity index (χ4n) is 1.83. The lowest BCUT2D eigenvalue weighted by Crippen LogP contribution is -2.15. The maximum absolute atomic E-state index is 13.6. The molecule has 0 aliphatic rings. The number of nitrogens with one attached hydrogen (secondary N) is 2. The molecule has 0 aliphatic heterocycles. The zero-order valence-electron chi connectivity index (χ0n) is 12.1. The summed E-state index contributed by atoms with van der Waals surface area (Å²) in [5, 5.41) is 9.02. The molecule has 0 unspecified atom stereocenters. The molecule has 8 heteroatoms. The SMILES string of the molecule is Cc1cc(Nc2nccc(C(=O)Nc3ccccc3F)n2)no1. The monoisotopic (exact) mass is 313 g/mol. The Hall–Kier alpha value is -3.29. The molecule has 116 valence electrons. The fourth-order valence-corrected chi connectivity index (χ4v) is 1.83. The first-order valence-corrected chi connectivity index (χ1v) is 6.71. The van der Waals surface area contributed by atoms with Crippen LogP contribution in [0.25, 0.3) is 0 Å². The molecule has 0 radical (unpaired) electrons. The van der Waals surface area contributed by atoms with Gasteiger partial charge in [0.05, 0.1) is 5.69 Å². The zero-order chi connectivity index (χ0) is 16.2. The van der Waals surface area contributed by atoms with Crippen molar-refractivity contribution in [1.29, 1.82) is 0 Å². The van der Waals surface area contributed by atoms with E-state index in [1.165, 1.54) is 30.5 Å². The first-order chi connectivity index (χ1) is 11.1. The van der Waals surface area contributed by atoms with Gasteiger partial charge in [-0.25, -0.2) is 14.4 Å². The van der Waals surface area contributed by atoms with Gasteiger partial charge in [0.1, 0.15) is 17.3 Å². The summed E-state index contributed by atoms with van der Waals surface area (Å²) in [5.41, 5.74) is 0.170. The van der Waals surface area contributed by atoms with Crippen LogP contribution in [0.15, 0.2) is 47.1 Å². The Morgan fingerprint density at radius 2 is 2.09 bits per heavy atom. The molecule has 0 fully saturated rings. The molecule has 1 aromatic carbocycles. The Balaban J connectivity index is 1.76. The van der Waals surface area contributed by atoms with Crippen LogP contribution in [-0.2, 0) is 0 Å². The summed E-state index contributed by atoms with van der Waals surface area (Å²) in [5.74, 6) is 0.165. The molecule has 0 bridgehead atoms. The van der Waals surface area contributed by atoms with E-state index >= 15 is 0 Å². The molecule has 0 saturated heterocycles. The van der Waals surface area contributed by atoms with Crippen molar-refractivity contribution in [3.8, 4) is 0 Å². The van der Waals surface area contributed by atoms with Crippen LogP contribution < -0.4 is 10.6 Å². The van der Waals surface area contributed by atoms with Crippen LogP contribution in [0.2, 0.25) is 0 Å². The van der Waals surface area contributed by atoms with Gasteiger partial charge in [-0.05, 0) is 25.1 Å². The number of aryl methyl sites for hydroxylation is 1. The third-order valence-corrected chi connectivity index (χ3v) is 2.88. The Morgan fingerprint density at radius 3 is 2.83 bits per heavy atom. The first-order valence-electron chi connectivity index (χ1n) is 6.71. The van der Waals surface area contributed by atoms with Gasteiger partial charge < -0.3 is 15.2 Å². The van der Waals surface area contributed by atoms with Gasteiger partial charge >= 0.3 is 0 Å². The molecule has 23 heavy (non-hydrogen) atoms. The van der Waals surface area contributed by atoms with Crippen LogP contribution in [0.4, 0.5) is 21.8 Å². The number of aromatic nitrogens is 3. The average Bonchev–Trinajstić information content (AvgIpc) is 2.95. The lowest BCUT2D eigenvalue weighted by molar-refractivity contribution is 0.102. The summed E-state index contributed by atoms with van der Waals surface area (Å²) in [6.45, 7) is 1.75. The summed E-state index contributed by atoms with van der Waals surface area (Å²) in [6, 6.07) is 8.97. The molecule has 3 aromatic rings. The molecule has 2 N–H and O–H groups in total. The Morgan fingerprint density at radius 1 is 1.26 bits per heavy atom. The summed E-state index contributed by atoms with van der Waals surface area (Å²) < 4.78 is 18.5. The first kappa shape index (κ1) is 14.6. The summed E-state index contributed by atoms with van der Waals surface area (Å²) >= 11 is 0. The van der Waals surface area contributed by atoms with Gasteiger partial charge in [0.2, 0.25) is 5.95 Å². The molecule has 0 spiro atoms. The van der Waals surface area contributed by atoms with E-state index in [0.717, 1.165) is 0 Å². The summed E-state index contributed by atoms with van der Waals surface area (Å²) in [6.07, 6.45) is 1.42. The third kappa shape index (κ3) is 3.49. The maximum atomic E-state index is 13.6. The highest BCUT2D eigenvalue weighted by Crippen LogP contribution is 2.15. The Bertz CT molecular complexity index is 849. The fraction of sp³-hybridized carbons (Fsp3) is 0.0667. The predicted octanol–water partition coefficient (Wildman–Crippen LogP) is 2.91. The molecule has 2 aromatic heterocycles. The van der Waals surface area contributed by atoms with Crippen LogP contribution >= 0.6 is 0 Å². The smallest absolute Gasteiger partial charge is 0.274 e. The van der Waals surface area contributed by atoms with Gasteiger partial charge in [0.25, 0.3) is 5.91 Å². The highest BCUT2D eigenvalue weighted by atomic mass is 19.1. The number of nitrogens with zero attached hydrogens (tertiary/aromatic N) is 3. The number of carbonyl (C=O) groups is 1. The van der Waals surface area contributed by atoms with Crippen molar-refractivity contribution in [3.63, 3.8) is 0 Å². The van der Waals surface area contributed by atoms with Gasteiger partial charge in [-0.2, -0.15) is 0 Å². The third-order valence-electron chi connectivity index (χ3n) is 2.88. The second kappa shape index (κ2) is 6.22. The van der Waals surface area contributed by atoms with E-state index in [4.69, 9.17) is 4.52 Å². The molecule has 0 aliphatic carbocycles. The Kier molecular flexibility index (Phi) is 3.96. The van der Waals surface area contributed by atoms with Gasteiger partial charge in [0.15, 0.2) is 5.82 Å². The van der Waals surface area contributed by atoms with E-state index in [9.17, 15) is 9.18 Å². The maximum Gasteiger partial charge on any atom is 0.274 e. The van der Waals surface area contributed by atoms with Gasteiger partial charge in [-0.3, -0.25) is 4.79 Å². The number of hydrogen-bond donors (Lipinski definition) is 2. The number of carbonyl (C=O) groups excluding carboxylic acids is 1. The average molecular weight is 313 g/mol. The van der Waals surface area contributed by atoms with Crippen molar-refractivity contribution in [1.82, 2.24) is 15.1 Å². The van der Waals surface area contributed by atoms with E-state index in [-0.39, 0.29) is 17.3 Å². The number of rotatable bonds is 4. The van der Waals surface area contributed by atoms with E-state index in [2.05, 4.69) is 25.8 Å². The van der Waals surface area contributed by atoms with Gasteiger partial charge in [-0.1, -0.05) is 17.3 Å². The highest BCUT2D eigenvalue weighted by molar-refractivity contribution is 6.03. The summed E-state index contributed by atoms with van der Waals surface area (Å²) in [7, 11) is 0. The summed E-state index contributed by atoms with van der Waals surface area (Å²) in [4.78, 5) is 20.2. The molecular weight excluding hydrogens is 301 g/mol. The van der Waals surface area contributed by atoms with Crippen molar-refractivity contribution in [3.05, 3.63) is 59.9 Å². The van der Waals surface area contributed by atoms with Crippen molar-refractivity contribution in [2.24, 2.45) is 0 Å². The van der Waals surface area contributed by atoms with Crippen LogP contribution in [-0.4, -0.2) is 21.0 Å². The zero-order valence-corrected chi connectivity index (χ0v) is 12.1. The molecule has 2 heterocycles. The second-order valence-corrected chi connectivity index (χ2v) is 4.65. The van der Waals surface area contributed by atoms with E-state index in [1.807, 2.05) is 0 Å². The largest absolute Gasteiger partial charge is 0.360 e. The lowest BCUT2D eigenvalue weighted by Gasteiger charge is -2.06.